The minimum Gasteiger partial charge on any atom is -0.316 e. The lowest BCUT2D eigenvalue weighted by atomic mass is 9.89. The summed E-state index contributed by atoms with van der Waals surface area (Å²) in [5, 5.41) is 22.5. The molecule has 0 aliphatic heterocycles. The first kappa shape index (κ1) is 22.8. The van der Waals surface area contributed by atoms with Crippen LogP contribution in [0.1, 0.15) is 29.3 Å². The monoisotopic (exact) mass is 527 g/mol. The fourth-order valence-electron chi connectivity index (χ4n) is 3.75. The Morgan fingerprint density at radius 2 is 2.22 bits per heavy atom. The summed E-state index contributed by atoms with van der Waals surface area (Å²) in [4.78, 5) is 13.9. The molecule has 1 aromatic carbocycles. The Morgan fingerprint density at radius 3 is 2.94 bits per heavy atom. The average molecular weight is 529 g/mol. The van der Waals surface area contributed by atoms with E-state index in [-0.39, 0.29) is 11.7 Å². The SMILES string of the molecule is C=CCn1c(SCC(=O)Nc2sc3c(c2C#N)CCC(C)C3)nnc1-c1ccc(Br)cc1. The lowest BCUT2D eigenvalue weighted by molar-refractivity contribution is -0.113. The van der Waals surface area contributed by atoms with Crippen LogP contribution in [0, 0.1) is 17.2 Å². The molecule has 2 heterocycles. The number of thioether (sulfide) groups is 1. The Morgan fingerprint density at radius 1 is 1.44 bits per heavy atom. The standard InChI is InChI=1S/C23H22BrN5OS2/c1-3-10-29-21(15-5-7-16(24)8-6-15)27-28-23(29)31-13-20(30)26-22-18(12-25)17-9-4-14(2)11-19(17)32-22/h3,5-8,14H,1,4,9-11,13H2,2H3,(H,26,30). The molecule has 1 unspecified atom stereocenters. The van der Waals surface area contributed by atoms with Crippen LogP contribution in [0.2, 0.25) is 0 Å². The van der Waals surface area contributed by atoms with Gasteiger partial charge < -0.3 is 5.32 Å². The van der Waals surface area contributed by atoms with E-state index < -0.39 is 0 Å². The van der Waals surface area contributed by atoms with Crippen molar-refractivity contribution in [3.63, 3.8) is 0 Å². The van der Waals surface area contributed by atoms with Crippen molar-refractivity contribution in [3.8, 4) is 17.5 Å². The van der Waals surface area contributed by atoms with Gasteiger partial charge in [-0.25, -0.2) is 0 Å². The second kappa shape index (κ2) is 10.0. The van der Waals surface area contributed by atoms with Gasteiger partial charge in [-0.15, -0.1) is 28.1 Å². The zero-order valence-corrected chi connectivity index (χ0v) is 20.8. The molecule has 0 spiro atoms. The van der Waals surface area contributed by atoms with Crippen LogP contribution >= 0.6 is 39.0 Å². The van der Waals surface area contributed by atoms with Crippen LogP contribution in [-0.4, -0.2) is 26.4 Å². The van der Waals surface area contributed by atoms with Gasteiger partial charge in [0.15, 0.2) is 11.0 Å². The number of aromatic nitrogens is 3. The number of carbonyl (C=O) groups excluding carboxylic acids is 1. The normalized spacial score (nSPS) is 15.1. The highest BCUT2D eigenvalue weighted by atomic mass is 79.9. The van der Waals surface area contributed by atoms with Crippen LogP contribution in [0.3, 0.4) is 0 Å². The number of anilines is 1. The second-order valence-corrected chi connectivity index (χ2v) is 10.7. The molecule has 0 radical (unpaired) electrons. The molecule has 32 heavy (non-hydrogen) atoms. The summed E-state index contributed by atoms with van der Waals surface area (Å²) in [6, 6.07) is 10.1. The van der Waals surface area contributed by atoms with Gasteiger partial charge in [0.05, 0.1) is 11.3 Å². The molecule has 1 aliphatic carbocycles. The predicted molar refractivity (Wildman–Crippen MR) is 133 cm³/mol. The molecule has 1 N–H and O–H groups in total. The molecule has 9 heteroatoms. The highest BCUT2D eigenvalue weighted by Gasteiger charge is 2.25. The number of hydrogen-bond donors (Lipinski definition) is 1. The van der Waals surface area contributed by atoms with Crippen molar-refractivity contribution >= 4 is 49.9 Å². The summed E-state index contributed by atoms with van der Waals surface area (Å²) in [6.07, 6.45) is 4.75. The maximum atomic E-state index is 12.7. The molecule has 6 nitrogen and oxygen atoms in total. The van der Waals surface area contributed by atoms with Crippen molar-refractivity contribution in [3.05, 3.63) is 57.4 Å². The topological polar surface area (TPSA) is 83.6 Å². The lowest BCUT2D eigenvalue weighted by Gasteiger charge is -2.17. The van der Waals surface area contributed by atoms with Gasteiger partial charge in [0.25, 0.3) is 0 Å². The number of nitriles is 1. The first-order valence-corrected chi connectivity index (χ1v) is 12.9. The third-order valence-corrected chi connectivity index (χ3v) is 8.00. The van der Waals surface area contributed by atoms with Crippen LogP contribution in [0.15, 0.2) is 46.5 Å². The molecular weight excluding hydrogens is 506 g/mol. The van der Waals surface area contributed by atoms with E-state index in [2.05, 4.69) is 51.0 Å². The summed E-state index contributed by atoms with van der Waals surface area (Å²) < 4.78 is 2.93. The minimum atomic E-state index is -0.156. The Hall–Kier alpha value is -2.41. The Kier molecular flexibility index (Phi) is 7.13. The second-order valence-electron chi connectivity index (χ2n) is 7.72. The number of halogens is 1. The Bertz CT molecular complexity index is 1190. The van der Waals surface area contributed by atoms with E-state index in [0.29, 0.717) is 28.2 Å². The molecule has 2 aromatic heterocycles. The number of rotatable bonds is 7. The summed E-state index contributed by atoms with van der Waals surface area (Å²) >= 11 is 6.31. The maximum absolute atomic E-state index is 12.7. The molecule has 1 aliphatic rings. The van der Waals surface area contributed by atoms with Gasteiger partial charge >= 0.3 is 0 Å². The van der Waals surface area contributed by atoms with Crippen molar-refractivity contribution in [1.29, 1.82) is 5.26 Å². The molecule has 1 amide bonds. The molecule has 164 valence electrons. The van der Waals surface area contributed by atoms with E-state index in [1.807, 2.05) is 28.8 Å². The van der Waals surface area contributed by atoms with Gasteiger partial charge in [0.1, 0.15) is 11.1 Å². The third kappa shape index (κ3) is 4.82. The van der Waals surface area contributed by atoms with Crippen LogP contribution in [0.25, 0.3) is 11.4 Å². The Balaban J connectivity index is 1.47. The molecule has 0 saturated carbocycles. The largest absolute Gasteiger partial charge is 0.316 e. The summed E-state index contributed by atoms with van der Waals surface area (Å²) in [6.45, 7) is 6.60. The highest BCUT2D eigenvalue weighted by molar-refractivity contribution is 9.10. The smallest absolute Gasteiger partial charge is 0.235 e. The molecule has 0 saturated heterocycles. The first-order valence-electron chi connectivity index (χ1n) is 10.3. The van der Waals surface area contributed by atoms with E-state index in [9.17, 15) is 10.1 Å². The predicted octanol–water partition coefficient (Wildman–Crippen LogP) is 5.68. The van der Waals surface area contributed by atoms with Crippen LogP contribution < -0.4 is 5.32 Å². The quantitative estimate of drug-likeness (QED) is 0.315. The van der Waals surface area contributed by atoms with E-state index in [1.165, 1.54) is 16.6 Å². The molecule has 3 aromatic rings. The number of nitrogens with one attached hydrogen (secondary N) is 1. The maximum Gasteiger partial charge on any atom is 0.235 e. The number of nitrogens with zero attached hydrogens (tertiary/aromatic N) is 4. The summed E-state index contributed by atoms with van der Waals surface area (Å²) in [7, 11) is 0. The zero-order chi connectivity index (χ0) is 22.7. The number of thiophene rings is 1. The molecule has 4 rings (SSSR count). The van der Waals surface area contributed by atoms with Crippen LogP contribution in [-0.2, 0) is 24.2 Å². The summed E-state index contributed by atoms with van der Waals surface area (Å²) in [5.41, 5.74) is 2.68. The van der Waals surface area contributed by atoms with E-state index in [4.69, 9.17) is 0 Å². The fourth-order valence-corrected chi connectivity index (χ4v) is 6.14. The fraction of sp³-hybridized carbons (Fsp3) is 0.304. The van der Waals surface area contributed by atoms with E-state index in [0.717, 1.165) is 40.7 Å². The van der Waals surface area contributed by atoms with Crippen molar-refractivity contribution in [2.24, 2.45) is 5.92 Å². The van der Waals surface area contributed by atoms with Gasteiger partial charge in [-0.05, 0) is 42.9 Å². The molecule has 0 fully saturated rings. The van der Waals surface area contributed by atoms with E-state index in [1.54, 1.807) is 17.4 Å². The number of hydrogen-bond acceptors (Lipinski definition) is 6. The van der Waals surface area contributed by atoms with Crippen molar-refractivity contribution in [2.75, 3.05) is 11.1 Å². The van der Waals surface area contributed by atoms with Crippen molar-refractivity contribution in [1.82, 2.24) is 14.8 Å². The average Bonchev–Trinajstić information content (AvgIpc) is 3.33. The van der Waals surface area contributed by atoms with Crippen molar-refractivity contribution < 1.29 is 4.79 Å². The summed E-state index contributed by atoms with van der Waals surface area (Å²) in [5.74, 6) is 1.37. The lowest BCUT2D eigenvalue weighted by Crippen LogP contribution is -2.15. The first-order chi connectivity index (χ1) is 15.5. The van der Waals surface area contributed by atoms with Crippen molar-refractivity contribution in [2.45, 2.75) is 37.9 Å². The van der Waals surface area contributed by atoms with Gasteiger partial charge in [0.2, 0.25) is 5.91 Å². The van der Waals surface area contributed by atoms with Crippen LogP contribution in [0.5, 0.6) is 0 Å². The molecular formula is C23H22BrN5OS2. The molecule has 0 bridgehead atoms. The van der Waals surface area contributed by atoms with Crippen LogP contribution in [0.4, 0.5) is 5.00 Å². The number of fused-ring (bicyclic) bond motifs is 1. The van der Waals surface area contributed by atoms with Gasteiger partial charge in [0, 0.05) is 21.5 Å². The third-order valence-electron chi connectivity index (χ3n) is 5.34. The Labute approximate surface area is 203 Å². The zero-order valence-electron chi connectivity index (χ0n) is 17.6. The number of amides is 1. The van der Waals surface area contributed by atoms with Gasteiger partial charge in [-0.1, -0.05) is 52.8 Å². The minimum absolute atomic E-state index is 0.156. The number of carbonyl (C=O) groups is 1. The van der Waals surface area contributed by atoms with Gasteiger partial charge in [-0.2, -0.15) is 5.26 Å². The number of allylic oxidation sites excluding steroid dienone is 1. The van der Waals surface area contributed by atoms with Gasteiger partial charge in [-0.3, -0.25) is 9.36 Å². The number of benzene rings is 1. The highest BCUT2D eigenvalue weighted by Crippen LogP contribution is 2.39. The molecule has 1 atom stereocenters. The van der Waals surface area contributed by atoms with E-state index >= 15 is 0 Å².